The molecule has 0 saturated heterocycles. The molecule has 0 spiro atoms. The maximum atomic E-state index is 10.2. The molecule has 0 aromatic carbocycles. The van der Waals surface area contributed by atoms with Crippen molar-refractivity contribution in [1.29, 1.82) is 0 Å². The third-order valence-corrected chi connectivity index (χ3v) is 5.97. The van der Waals surface area contributed by atoms with E-state index in [2.05, 4.69) is 11.1 Å². The minimum atomic E-state index is -0.387. The first-order valence-electron chi connectivity index (χ1n) is 5.58. The number of thiazole rings is 1. The molecule has 90 valence electrons. The zero-order chi connectivity index (χ0) is 11.7. The summed E-state index contributed by atoms with van der Waals surface area (Å²) in [7, 11) is 0. The molecule has 2 nitrogen and oxygen atoms in total. The average molecular weight is 283 g/mol. The highest BCUT2D eigenvalue weighted by Crippen LogP contribution is 2.35. The van der Waals surface area contributed by atoms with Crippen LogP contribution in [0.15, 0.2) is 17.6 Å². The summed E-state index contributed by atoms with van der Waals surface area (Å²) < 4.78 is 0. The van der Waals surface area contributed by atoms with Crippen LogP contribution < -0.4 is 0 Å². The van der Waals surface area contributed by atoms with Crippen LogP contribution in [0.4, 0.5) is 0 Å². The first kappa shape index (κ1) is 11.7. The van der Waals surface area contributed by atoms with Gasteiger partial charge in [-0.1, -0.05) is 0 Å². The van der Waals surface area contributed by atoms with Crippen LogP contribution in [0, 0.1) is 0 Å². The van der Waals surface area contributed by atoms with Crippen molar-refractivity contribution in [1.82, 2.24) is 4.98 Å². The van der Waals surface area contributed by atoms with Crippen molar-refractivity contribution >= 4 is 34.4 Å². The van der Waals surface area contributed by atoms with Crippen LogP contribution in [-0.4, -0.2) is 15.8 Å². The second-order valence-electron chi connectivity index (χ2n) is 4.05. The highest BCUT2D eigenvalue weighted by Gasteiger charge is 2.18. The average Bonchev–Trinajstić information content (AvgIpc) is 2.96. The van der Waals surface area contributed by atoms with Gasteiger partial charge >= 0.3 is 0 Å². The molecule has 2 aromatic rings. The molecular formula is C12H13NOS3. The van der Waals surface area contributed by atoms with E-state index in [4.69, 9.17) is 0 Å². The van der Waals surface area contributed by atoms with E-state index < -0.39 is 0 Å². The molecule has 1 atom stereocenters. The van der Waals surface area contributed by atoms with Gasteiger partial charge in [-0.3, -0.25) is 0 Å². The normalized spacial score (nSPS) is 16.8. The molecule has 1 unspecified atom stereocenters. The lowest BCUT2D eigenvalue weighted by Gasteiger charge is -2.08. The summed E-state index contributed by atoms with van der Waals surface area (Å²) in [5.41, 5.74) is 1.43. The molecule has 1 N–H and O–H groups in total. The molecule has 3 rings (SSSR count). The van der Waals surface area contributed by atoms with Crippen molar-refractivity contribution in [3.63, 3.8) is 0 Å². The Balaban J connectivity index is 1.77. The van der Waals surface area contributed by atoms with Crippen LogP contribution >= 0.6 is 34.4 Å². The Kier molecular flexibility index (Phi) is 3.51. The smallest absolute Gasteiger partial charge is 0.0954 e. The van der Waals surface area contributed by atoms with Gasteiger partial charge in [-0.25, -0.2) is 4.98 Å². The molecule has 0 aliphatic carbocycles. The number of rotatable bonds is 3. The van der Waals surface area contributed by atoms with Crippen LogP contribution in [0.2, 0.25) is 0 Å². The Morgan fingerprint density at radius 3 is 3.18 bits per heavy atom. The molecule has 0 saturated carbocycles. The third-order valence-electron chi connectivity index (χ3n) is 2.83. The van der Waals surface area contributed by atoms with Crippen LogP contribution in [0.3, 0.4) is 0 Å². The second kappa shape index (κ2) is 5.10. The lowest BCUT2D eigenvalue weighted by atomic mass is 10.1. The maximum Gasteiger partial charge on any atom is 0.0954 e. The monoisotopic (exact) mass is 283 g/mol. The van der Waals surface area contributed by atoms with Gasteiger partial charge in [0.15, 0.2) is 0 Å². The zero-order valence-electron chi connectivity index (χ0n) is 9.26. The second-order valence-corrected chi connectivity index (χ2v) is 7.30. The molecule has 3 heterocycles. The van der Waals surface area contributed by atoms with Crippen LogP contribution in [0.1, 0.15) is 26.4 Å². The Labute approximate surface area is 113 Å². The SMILES string of the molecule is OC(Cc1nccs1)c1cc2c(s1)CCSC2. The van der Waals surface area contributed by atoms with Gasteiger partial charge in [-0.2, -0.15) is 11.8 Å². The summed E-state index contributed by atoms with van der Waals surface area (Å²) in [6.07, 6.45) is 3.21. The van der Waals surface area contributed by atoms with Crippen LogP contribution in [0.5, 0.6) is 0 Å². The van der Waals surface area contributed by atoms with E-state index in [1.807, 2.05) is 17.1 Å². The quantitative estimate of drug-likeness (QED) is 0.938. The lowest BCUT2D eigenvalue weighted by Crippen LogP contribution is -1.98. The van der Waals surface area contributed by atoms with Crippen molar-refractivity contribution in [2.45, 2.75) is 24.7 Å². The van der Waals surface area contributed by atoms with Gasteiger partial charge in [0.1, 0.15) is 0 Å². The number of aryl methyl sites for hydroxylation is 1. The lowest BCUT2D eigenvalue weighted by molar-refractivity contribution is 0.182. The molecule has 0 amide bonds. The standard InChI is InChI=1S/C12H13NOS3/c14-9(6-12-13-2-4-16-12)11-5-8-7-15-3-1-10(8)17-11/h2,4-5,9,14H,1,3,6-7H2. The van der Waals surface area contributed by atoms with Crippen LogP contribution in [-0.2, 0) is 18.6 Å². The van der Waals surface area contributed by atoms with E-state index in [1.165, 1.54) is 16.2 Å². The number of aliphatic hydroxyl groups is 1. The van der Waals surface area contributed by atoms with Crippen molar-refractivity contribution < 1.29 is 5.11 Å². The molecule has 5 heteroatoms. The summed E-state index contributed by atoms with van der Waals surface area (Å²) >= 11 is 5.37. The fourth-order valence-corrected chi connectivity index (χ4v) is 4.97. The third kappa shape index (κ3) is 2.57. The Morgan fingerprint density at radius 2 is 2.41 bits per heavy atom. The summed E-state index contributed by atoms with van der Waals surface area (Å²) in [6, 6.07) is 2.18. The predicted octanol–water partition coefficient (Wildman–Crippen LogP) is 3.27. The number of aromatic nitrogens is 1. The highest BCUT2D eigenvalue weighted by molar-refractivity contribution is 7.98. The Morgan fingerprint density at radius 1 is 1.47 bits per heavy atom. The number of fused-ring (bicyclic) bond motifs is 1. The van der Waals surface area contributed by atoms with Gasteiger partial charge in [-0.05, 0) is 23.8 Å². The van der Waals surface area contributed by atoms with E-state index in [9.17, 15) is 5.11 Å². The van der Waals surface area contributed by atoms with Crippen molar-refractivity contribution in [3.05, 3.63) is 38.0 Å². The van der Waals surface area contributed by atoms with Crippen molar-refractivity contribution in [3.8, 4) is 0 Å². The minimum Gasteiger partial charge on any atom is -0.387 e. The summed E-state index contributed by atoms with van der Waals surface area (Å²) in [4.78, 5) is 6.80. The predicted molar refractivity (Wildman–Crippen MR) is 75.0 cm³/mol. The molecule has 2 aromatic heterocycles. The summed E-state index contributed by atoms with van der Waals surface area (Å²) in [5, 5.41) is 13.2. The van der Waals surface area contributed by atoms with E-state index in [0.29, 0.717) is 6.42 Å². The molecule has 1 aliphatic rings. The highest BCUT2D eigenvalue weighted by atomic mass is 32.2. The minimum absolute atomic E-state index is 0.387. The molecule has 0 radical (unpaired) electrons. The van der Waals surface area contributed by atoms with E-state index in [0.717, 1.165) is 22.1 Å². The number of aliphatic hydroxyl groups excluding tert-OH is 1. The molecular weight excluding hydrogens is 270 g/mol. The van der Waals surface area contributed by atoms with Gasteiger partial charge in [-0.15, -0.1) is 22.7 Å². The number of hydrogen-bond donors (Lipinski definition) is 1. The number of hydrogen-bond acceptors (Lipinski definition) is 5. The largest absolute Gasteiger partial charge is 0.387 e. The first-order chi connectivity index (χ1) is 8.33. The summed E-state index contributed by atoms with van der Waals surface area (Å²) in [6.45, 7) is 0. The van der Waals surface area contributed by atoms with Crippen molar-refractivity contribution in [2.75, 3.05) is 5.75 Å². The number of nitrogens with zero attached hydrogens (tertiary/aromatic N) is 1. The maximum absolute atomic E-state index is 10.2. The van der Waals surface area contributed by atoms with Crippen molar-refractivity contribution in [2.24, 2.45) is 0 Å². The molecule has 0 bridgehead atoms. The van der Waals surface area contributed by atoms with E-state index in [-0.39, 0.29) is 6.10 Å². The van der Waals surface area contributed by atoms with Gasteiger partial charge in [0.05, 0.1) is 11.1 Å². The van der Waals surface area contributed by atoms with E-state index in [1.54, 1.807) is 28.9 Å². The van der Waals surface area contributed by atoms with Gasteiger partial charge < -0.3 is 5.11 Å². The zero-order valence-corrected chi connectivity index (χ0v) is 11.7. The molecule has 17 heavy (non-hydrogen) atoms. The number of thiophene rings is 1. The molecule has 1 aliphatic heterocycles. The topological polar surface area (TPSA) is 33.1 Å². The fourth-order valence-electron chi connectivity index (χ4n) is 1.95. The van der Waals surface area contributed by atoms with Gasteiger partial charge in [0.25, 0.3) is 0 Å². The van der Waals surface area contributed by atoms with Crippen LogP contribution in [0.25, 0.3) is 0 Å². The van der Waals surface area contributed by atoms with E-state index >= 15 is 0 Å². The van der Waals surface area contributed by atoms with Gasteiger partial charge in [0.2, 0.25) is 0 Å². The number of thioether (sulfide) groups is 1. The first-order valence-corrected chi connectivity index (χ1v) is 8.43. The molecule has 0 fully saturated rings. The summed E-state index contributed by atoms with van der Waals surface area (Å²) in [5.74, 6) is 2.32. The fraction of sp³-hybridized carbons (Fsp3) is 0.417. The van der Waals surface area contributed by atoms with Gasteiger partial charge in [0, 0.05) is 33.5 Å². The Hall–Kier alpha value is -0.360. The Bertz CT molecular complexity index is 468.